The van der Waals surface area contributed by atoms with E-state index >= 15 is 0 Å². The maximum atomic E-state index is 2.64. The first-order chi connectivity index (χ1) is 17.7. The fraction of sp³-hybridized carbons (Fsp3) is 0.579. The molecule has 0 N–H and O–H groups in total. The summed E-state index contributed by atoms with van der Waals surface area (Å²) in [5.74, 6) is 0. The Morgan fingerprint density at radius 3 is 1.00 bits per heavy atom. The predicted molar refractivity (Wildman–Crippen MR) is 170 cm³/mol. The zero-order chi connectivity index (χ0) is 29.1. The van der Waals surface area contributed by atoms with E-state index in [-0.39, 0.29) is 46.5 Å². The minimum atomic E-state index is -2.93. The topological polar surface area (TPSA) is 0 Å². The fourth-order valence-corrected chi connectivity index (χ4v) is 36.6. The molecule has 0 amide bonds. The third kappa shape index (κ3) is 5.68. The summed E-state index contributed by atoms with van der Waals surface area (Å²) in [4.78, 5) is 0. The van der Waals surface area contributed by atoms with Gasteiger partial charge in [-0.3, -0.25) is 0 Å². The number of rotatable bonds is 2. The Morgan fingerprint density at radius 2 is 0.756 bits per heavy atom. The maximum Gasteiger partial charge on any atom is -1.00 e. The summed E-state index contributed by atoms with van der Waals surface area (Å²) in [5, 5.41) is 0. The summed E-state index contributed by atoms with van der Waals surface area (Å²) in [6, 6.07) is 9.97. The molecule has 2 aromatic rings. The molecule has 3 aliphatic rings. The fourth-order valence-electron chi connectivity index (χ4n) is 8.27. The number of hydrogen-bond acceptors (Lipinski definition) is 0. The van der Waals surface area contributed by atoms with Gasteiger partial charge in [-0.15, -0.1) is 0 Å². The van der Waals surface area contributed by atoms with Crippen molar-refractivity contribution in [3.05, 3.63) is 79.9 Å². The number of fused-ring (bicyclic) bond motifs is 2. The normalized spacial score (nSPS) is 20.5. The van der Waals surface area contributed by atoms with Crippen molar-refractivity contribution in [1.82, 2.24) is 0 Å². The van der Waals surface area contributed by atoms with Crippen LogP contribution in [0.15, 0.2) is 35.4 Å². The average Bonchev–Trinajstić information content (AvgIpc) is 3.33. The van der Waals surface area contributed by atoms with Crippen molar-refractivity contribution >= 4 is 12.2 Å². The molecule has 2 aliphatic carbocycles. The summed E-state index contributed by atoms with van der Waals surface area (Å²) in [7, 11) is 0. The third-order valence-corrected chi connectivity index (χ3v) is 29.6. The van der Waals surface area contributed by atoms with Crippen LogP contribution >= 0.6 is 0 Å². The van der Waals surface area contributed by atoms with Gasteiger partial charge >= 0.3 is 246 Å². The van der Waals surface area contributed by atoms with Crippen molar-refractivity contribution in [3.63, 3.8) is 0 Å². The van der Waals surface area contributed by atoms with E-state index in [4.69, 9.17) is 0 Å². The van der Waals surface area contributed by atoms with Crippen LogP contribution in [0.4, 0.5) is 0 Å². The van der Waals surface area contributed by atoms with E-state index in [2.05, 4.69) is 133 Å². The number of hydrogen-bond donors (Lipinski definition) is 0. The Kier molecular flexibility index (Phi) is 9.15. The van der Waals surface area contributed by atoms with Crippen molar-refractivity contribution in [2.45, 2.75) is 134 Å². The van der Waals surface area contributed by atoms with Crippen molar-refractivity contribution in [2.75, 3.05) is 0 Å². The molecule has 2 unspecified atom stereocenters. The summed E-state index contributed by atoms with van der Waals surface area (Å²) < 4.78 is 4.47. The van der Waals surface area contributed by atoms with Crippen LogP contribution in [0.5, 0.6) is 0 Å². The second kappa shape index (κ2) is 10.8. The molecule has 1 saturated heterocycles. The average molecular weight is 760 g/mol. The minimum Gasteiger partial charge on any atom is -1.00 e. The zero-order valence-corrected chi connectivity index (χ0v) is 33.4. The standard InChI is InChI=1S/2C18H25.C2H4.2ClH.Hf/c2*1-12-10-13-14(11-12)16(18(5,6)7)9-8-15(13)17(2,3)4;1-2;;;/h2*8-11H,1-7H3;1-2H2;2*1H;/q;;;;;+2/p-2. The first-order valence-corrected chi connectivity index (χ1v) is 24.6. The molecule has 1 heterocycles. The van der Waals surface area contributed by atoms with Crippen LogP contribution < -0.4 is 24.8 Å². The molecular formula is C38H54Cl2Hf. The summed E-state index contributed by atoms with van der Waals surface area (Å²) >= 11 is -2.93. The second-order valence-corrected chi connectivity index (χ2v) is 34.0. The van der Waals surface area contributed by atoms with E-state index < -0.39 is 20.0 Å². The number of halogens is 2. The van der Waals surface area contributed by atoms with E-state index in [0.717, 1.165) is 0 Å². The molecule has 41 heavy (non-hydrogen) atoms. The van der Waals surface area contributed by atoms with Crippen LogP contribution in [0.3, 0.4) is 0 Å². The quantitative estimate of drug-likeness (QED) is 0.355. The van der Waals surface area contributed by atoms with Crippen molar-refractivity contribution in [2.24, 2.45) is 0 Å². The zero-order valence-electron chi connectivity index (χ0n) is 28.3. The summed E-state index contributed by atoms with van der Waals surface area (Å²) in [6.07, 6.45) is 5.28. The van der Waals surface area contributed by atoms with Crippen molar-refractivity contribution in [3.8, 4) is 0 Å². The Hall–Kier alpha value is -0.630. The molecular weight excluding hydrogens is 706 g/mol. The maximum absolute atomic E-state index is 2.93. The van der Waals surface area contributed by atoms with Gasteiger partial charge in [0.1, 0.15) is 0 Å². The van der Waals surface area contributed by atoms with E-state index in [1.54, 1.807) is 55.7 Å². The molecule has 2 aromatic carbocycles. The van der Waals surface area contributed by atoms with Crippen molar-refractivity contribution in [1.29, 1.82) is 0 Å². The van der Waals surface area contributed by atoms with Gasteiger partial charge in [-0.25, -0.2) is 0 Å². The third-order valence-electron chi connectivity index (χ3n) is 10.0. The molecule has 0 spiro atoms. The molecule has 2 atom stereocenters. The van der Waals surface area contributed by atoms with Crippen LogP contribution in [0.1, 0.15) is 149 Å². The number of benzene rings is 2. The van der Waals surface area contributed by atoms with Crippen LogP contribution in [0.25, 0.3) is 12.2 Å². The van der Waals surface area contributed by atoms with Crippen LogP contribution in [-0.2, 0) is 41.6 Å². The van der Waals surface area contributed by atoms with E-state index in [1.807, 2.05) is 0 Å². The van der Waals surface area contributed by atoms with Crippen molar-refractivity contribution < 1.29 is 44.8 Å². The van der Waals surface area contributed by atoms with Gasteiger partial charge in [0.25, 0.3) is 0 Å². The van der Waals surface area contributed by atoms with Gasteiger partial charge in [0.15, 0.2) is 0 Å². The summed E-state index contributed by atoms with van der Waals surface area (Å²) in [5.41, 5.74) is 16.9. The van der Waals surface area contributed by atoms with Gasteiger partial charge in [-0.1, -0.05) is 0 Å². The molecule has 5 rings (SSSR count). The van der Waals surface area contributed by atoms with Gasteiger partial charge in [-0.05, 0) is 0 Å². The molecule has 1 fully saturated rings. The van der Waals surface area contributed by atoms with Crippen LogP contribution in [0.2, 0.25) is 8.35 Å². The minimum absolute atomic E-state index is 0. The molecule has 0 nitrogen and oxygen atoms in total. The van der Waals surface area contributed by atoms with E-state index in [1.165, 1.54) is 8.35 Å². The SMILES string of the molecule is CC1=Cc2c(C(C)(C)C)ccc(C(C)(C)C)c2[CH]1[Hf+2]1([CH]2C(C)=Cc3c(C(C)(C)C)ccc(C(C)(C)C)c32)[CH2][CH2]1.[Cl-].[Cl-]. The van der Waals surface area contributed by atoms with E-state index in [9.17, 15) is 0 Å². The van der Waals surface area contributed by atoms with Gasteiger partial charge in [-0.2, -0.15) is 0 Å². The first-order valence-electron chi connectivity index (χ1n) is 15.4. The van der Waals surface area contributed by atoms with Gasteiger partial charge in [0, 0.05) is 0 Å². The Balaban J connectivity index is 0.00000231. The van der Waals surface area contributed by atoms with Crippen LogP contribution in [-0.4, -0.2) is 0 Å². The van der Waals surface area contributed by atoms with Gasteiger partial charge < -0.3 is 24.8 Å². The monoisotopic (exact) mass is 760 g/mol. The Morgan fingerprint density at radius 1 is 0.488 bits per heavy atom. The molecule has 3 heteroatoms. The first kappa shape index (κ1) is 34.9. The smallest absolute Gasteiger partial charge is 1.00 e. The van der Waals surface area contributed by atoms with E-state index in [0.29, 0.717) is 7.35 Å². The molecule has 0 radical (unpaired) electrons. The van der Waals surface area contributed by atoms with Crippen LogP contribution in [0, 0.1) is 0 Å². The second-order valence-electron chi connectivity index (χ2n) is 17.4. The van der Waals surface area contributed by atoms with Gasteiger partial charge in [0.2, 0.25) is 0 Å². The predicted octanol–water partition coefficient (Wildman–Crippen LogP) is 5.50. The Bertz CT molecular complexity index is 1300. The summed E-state index contributed by atoms with van der Waals surface area (Å²) in [6.45, 7) is 34.0. The number of allylic oxidation sites excluding steroid dienone is 2. The molecule has 0 aromatic heterocycles. The Labute approximate surface area is 269 Å². The molecule has 0 bridgehead atoms. The van der Waals surface area contributed by atoms with Gasteiger partial charge in [0.05, 0.1) is 0 Å². The molecule has 0 saturated carbocycles. The largest absolute Gasteiger partial charge is 1.00 e. The molecule has 1 aliphatic heterocycles. The molecule has 224 valence electrons.